The molecule has 0 amide bonds. The summed E-state index contributed by atoms with van der Waals surface area (Å²) < 4.78 is 5.87. The van der Waals surface area contributed by atoms with Crippen molar-refractivity contribution in [1.82, 2.24) is 0 Å². The first-order valence-corrected chi connectivity index (χ1v) is 16.8. The fourth-order valence-electron chi connectivity index (χ4n) is 5.31. The van der Waals surface area contributed by atoms with E-state index < -0.39 is 0 Å². The summed E-state index contributed by atoms with van der Waals surface area (Å²) in [6.07, 6.45) is 34.6. The Hall–Kier alpha value is -0.530. The molecule has 0 aromatic rings. The van der Waals surface area contributed by atoms with Gasteiger partial charge in [-0.25, -0.2) is 0 Å². The minimum absolute atomic E-state index is 0.0505. The minimum Gasteiger partial charge on any atom is -0.465 e. The molecule has 0 heterocycles. The molecule has 0 bridgehead atoms. The van der Waals surface area contributed by atoms with Gasteiger partial charge >= 0.3 is 5.97 Å². The molecule has 0 saturated heterocycles. The van der Waals surface area contributed by atoms with Crippen LogP contribution in [-0.4, -0.2) is 12.6 Å². The van der Waals surface area contributed by atoms with E-state index in [9.17, 15) is 4.79 Å². The topological polar surface area (TPSA) is 26.3 Å². The maximum atomic E-state index is 12.6. The third-order valence-corrected chi connectivity index (χ3v) is 8.04. The molecule has 0 aliphatic rings. The van der Waals surface area contributed by atoms with E-state index >= 15 is 0 Å². The van der Waals surface area contributed by atoms with Crippen LogP contribution in [0.4, 0.5) is 0 Å². The predicted octanol–water partition coefficient (Wildman–Crippen LogP) is 12.0. The second kappa shape index (κ2) is 29.0. The minimum atomic E-state index is 0.0505. The molecule has 0 aromatic carbocycles. The van der Waals surface area contributed by atoms with E-state index in [1.165, 1.54) is 154 Å². The van der Waals surface area contributed by atoms with Crippen molar-refractivity contribution < 1.29 is 9.53 Å². The molecular formula is C34H68O2. The van der Waals surface area contributed by atoms with Gasteiger partial charge in [-0.05, 0) is 25.2 Å². The molecule has 0 rings (SSSR count). The van der Waals surface area contributed by atoms with Crippen LogP contribution in [0.5, 0.6) is 0 Å². The van der Waals surface area contributed by atoms with E-state index in [2.05, 4.69) is 27.7 Å². The highest BCUT2D eigenvalue weighted by atomic mass is 16.5. The Morgan fingerprint density at radius 1 is 0.472 bits per heavy atom. The van der Waals surface area contributed by atoms with E-state index in [4.69, 9.17) is 4.74 Å². The van der Waals surface area contributed by atoms with E-state index in [1.54, 1.807) is 0 Å². The molecule has 0 radical (unpaired) electrons. The lowest BCUT2D eigenvalue weighted by Crippen LogP contribution is -2.20. The molecular weight excluding hydrogens is 440 g/mol. The number of unbranched alkanes of at least 4 members (excludes halogenated alkanes) is 20. The maximum Gasteiger partial charge on any atom is 0.308 e. The van der Waals surface area contributed by atoms with Crippen molar-refractivity contribution in [2.45, 2.75) is 195 Å². The van der Waals surface area contributed by atoms with Gasteiger partial charge in [0, 0.05) is 0 Å². The zero-order valence-corrected chi connectivity index (χ0v) is 25.6. The van der Waals surface area contributed by atoms with Gasteiger partial charge in [0.1, 0.15) is 0 Å². The van der Waals surface area contributed by atoms with Crippen LogP contribution >= 0.6 is 0 Å². The first-order chi connectivity index (χ1) is 17.7. The van der Waals surface area contributed by atoms with Gasteiger partial charge in [-0.15, -0.1) is 0 Å². The van der Waals surface area contributed by atoms with Crippen molar-refractivity contribution in [2.75, 3.05) is 6.61 Å². The molecule has 2 nitrogen and oxygen atoms in total. The Balaban J connectivity index is 4.15. The van der Waals surface area contributed by atoms with Gasteiger partial charge in [0.2, 0.25) is 0 Å². The molecule has 2 unspecified atom stereocenters. The third kappa shape index (κ3) is 25.1. The second-order valence-electron chi connectivity index (χ2n) is 11.8. The predicted molar refractivity (Wildman–Crippen MR) is 161 cm³/mol. The van der Waals surface area contributed by atoms with Crippen molar-refractivity contribution in [3.8, 4) is 0 Å². The molecule has 0 spiro atoms. The Bertz CT molecular complexity index is 433. The van der Waals surface area contributed by atoms with E-state index in [0.717, 1.165) is 12.8 Å². The summed E-state index contributed by atoms with van der Waals surface area (Å²) in [5.41, 5.74) is 0. The van der Waals surface area contributed by atoms with E-state index in [0.29, 0.717) is 12.5 Å². The van der Waals surface area contributed by atoms with Crippen LogP contribution in [0.15, 0.2) is 0 Å². The fourth-order valence-corrected chi connectivity index (χ4v) is 5.31. The fraction of sp³-hybridized carbons (Fsp3) is 0.971. The van der Waals surface area contributed by atoms with Crippen molar-refractivity contribution >= 4 is 5.97 Å². The molecule has 216 valence electrons. The summed E-state index contributed by atoms with van der Waals surface area (Å²) in [4.78, 5) is 12.6. The zero-order chi connectivity index (χ0) is 26.5. The number of carbonyl (C=O) groups excluding carboxylic acids is 1. The standard InChI is InChI=1S/C34H68O2/c1-5-8-11-14-16-18-19-21-24-27-30-33(29-26-23-20-17-15-12-9-6-2)31-36-34(35)32(4)28-25-22-13-10-7-3/h32-33H,5-31H2,1-4H3. The first-order valence-electron chi connectivity index (χ1n) is 16.8. The van der Waals surface area contributed by atoms with Crippen LogP contribution < -0.4 is 0 Å². The van der Waals surface area contributed by atoms with Gasteiger partial charge in [0.25, 0.3) is 0 Å². The molecule has 36 heavy (non-hydrogen) atoms. The lowest BCUT2D eigenvalue weighted by atomic mass is 9.94. The van der Waals surface area contributed by atoms with Gasteiger partial charge in [-0.3, -0.25) is 4.79 Å². The summed E-state index contributed by atoms with van der Waals surface area (Å²) >= 11 is 0. The van der Waals surface area contributed by atoms with Crippen molar-refractivity contribution in [3.63, 3.8) is 0 Å². The monoisotopic (exact) mass is 509 g/mol. The number of hydrogen-bond acceptors (Lipinski definition) is 2. The Morgan fingerprint density at radius 3 is 1.14 bits per heavy atom. The first kappa shape index (κ1) is 35.5. The number of ether oxygens (including phenoxy) is 1. The quantitative estimate of drug-likeness (QED) is 0.0741. The zero-order valence-electron chi connectivity index (χ0n) is 25.6. The highest BCUT2D eigenvalue weighted by molar-refractivity contribution is 5.71. The van der Waals surface area contributed by atoms with Gasteiger partial charge in [-0.1, -0.05) is 175 Å². The normalized spacial score (nSPS) is 13.1. The smallest absolute Gasteiger partial charge is 0.308 e. The van der Waals surface area contributed by atoms with Crippen LogP contribution in [0.1, 0.15) is 195 Å². The molecule has 0 aromatic heterocycles. The summed E-state index contributed by atoms with van der Waals surface area (Å²) in [5.74, 6) is 0.682. The summed E-state index contributed by atoms with van der Waals surface area (Å²) in [6.45, 7) is 9.56. The van der Waals surface area contributed by atoms with Gasteiger partial charge < -0.3 is 4.74 Å². The number of rotatable bonds is 29. The summed E-state index contributed by atoms with van der Waals surface area (Å²) in [6, 6.07) is 0. The summed E-state index contributed by atoms with van der Waals surface area (Å²) in [5, 5.41) is 0. The van der Waals surface area contributed by atoms with Gasteiger partial charge in [0.15, 0.2) is 0 Å². The second-order valence-corrected chi connectivity index (χ2v) is 11.8. The molecule has 0 aliphatic carbocycles. The highest BCUT2D eigenvalue weighted by Crippen LogP contribution is 2.21. The van der Waals surface area contributed by atoms with Crippen molar-refractivity contribution in [3.05, 3.63) is 0 Å². The Labute approximate surface area is 228 Å². The van der Waals surface area contributed by atoms with Crippen molar-refractivity contribution in [2.24, 2.45) is 11.8 Å². The number of carbonyl (C=O) groups is 1. The lowest BCUT2D eigenvalue weighted by molar-refractivity contribution is -0.149. The van der Waals surface area contributed by atoms with Gasteiger partial charge in [0.05, 0.1) is 12.5 Å². The summed E-state index contributed by atoms with van der Waals surface area (Å²) in [7, 11) is 0. The maximum absolute atomic E-state index is 12.6. The van der Waals surface area contributed by atoms with Crippen LogP contribution in [0.2, 0.25) is 0 Å². The van der Waals surface area contributed by atoms with Crippen molar-refractivity contribution in [1.29, 1.82) is 0 Å². The highest BCUT2D eigenvalue weighted by Gasteiger charge is 2.17. The molecule has 0 fully saturated rings. The van der Waals surface area contributed by atoms with Crippen LogP contribution in [-0.2, 0) is 9.53 Å². The third-order valence-electron chi connectivity index (χ3n) is 8.04. The van der Waals surface area contributed by atoms with Crippen LogP contribution in [0.3, 0.4) is 0 Å². The lowest BCUT2D eigenvalue weighted by Gasteiger charge is -2.19. The van der Waals surface area contributed by atoms with Crippen LogP contribution in [0, 0.1) is 11.8 Å². The largest absolute Gasteiger partial charge is 0.465 e. The van der Waals surface area contributed by atoms with E-state index in [-0.39, 0.29) is 11.9 Å². The number of hydrogen-bond donors (Lipinski definition) is 0. The SMILES string of the molecule is CCCCCCCCCCCCC(CCCCCCCCCC)COC(=O)C(C)CCCCCCC. The molecule has 0 aliphatic heterocycles. The number of esters is 1. The molecule has 0 N–H and O–H groups in total. The Morgan fingerprint density at radius 2 is 0.778 bits per heavy atom. The molecule has 0 saturated carbocycles. The average molecular weight is 509 g/mol. The Kier molecular flexibility index (Phi) is 28.6. The van der Waals surface area contributed by atoms with Crippen LogP contribution in [0.25, 0.3) is 0 Å². The van der Waals surface area contributed by atoms with E-state index in [1.807, 2.05) is 0 Å². The van der Waals surface area contributed by atoms with Gasteiger partial charge in [-0.2, -0.15) is 0 Å². The average Bonchev–Trinajstić information content (AvgIpc) is 2.88. The molecule has 2 atom stereocenters. The molecule has 2 heteroatoms.